The first-order valence-electron chi connectivity index (χ1n) is 18.0. The van der Waals surface area contributed by atoms with Gasteiger partial charge >= 0.3 is 6.03 Å². The van der Waals surface area contributed by atoms with Crippen LogP contribution in [0.15, 0.2) is 35.7 Å². The number of sulfonamides is 1. The Morgan fingerprint density at radius 2 is 1.92 bits per heavy atom. The number of hydrogen-bond acceptors (Lipinski definition) is 10. The number of hydrogen-bond donors (Lipinski definition) is 2. The van der Waals surface area contributed by atoms with E-state index in [0.717, 1.165) is 25.0 Å². The first-order chi connectivity index (χ1) is 25.1. The summed E-state index contributed by atoms with van der Waals surface area (Å²) in [5.41, 5.74) is 0.626. The zero-order valence-electron chi connectivity index (χ0n) is 30.5. The molecule has 3 aromatic rings. The van der Waals surface area contributed by atoms with Crippen molar-refractivity contribution in [2.24, 2.45) is 5.92 Å². The third-order valence-corrected chi connectivity index (χ3v) is 14.3. The highest BCUT2D eigenvalue weighted by Gasteiger charge is 2.63. The van der Waals surface area contributed by atoms with Crippen molar-refractivity contribution in [2.75, 3.05) is 27.2 Å². The van der Waals surface area contributed by atoms with Crippen LogP contribution in [0.5, 0.6) is 11.5 Å². The van der Waals surface area contributed by atoms with Gasteiger partial charge in [-0.2, -0.15) is 0 Å². The normalized spacial score (nSPS) is 26.4. The molecule has 4 amide bonds. The molecule has 0 unspecified atom stereocenters. The van der Waals surface area contributed by atoms with Crippen molar-refractivity contribution in [2.45, 2.75) is 94.1 Å². The van der Waals surface area contributed by atoms with Gasteiger partial charge < -0.3 is 24.6 Å². The molecule has 2 aliphatic carbocycles. The molecule has 0 radical (unpaired) electrons. The molecule has 3 fully saturated rings. The smallest absolute Gasteiger partial charge is 0.319 e. The number of carbonyl (C=O) groups excluding carboxylic acids is 3. The van der Waals surface area contributed by atoms with Gasteiger partial charge in [-0.3, -0.25) is 14.3 Å². The van der Waals surface area contributed by atoms with Crippen LogP contribution in [-0.2, 0) is 19.6 Å². The number of fused-ring (bicyclic) bond motifs is 3. The molecule has 16 heteroatoms. The molecular formula is C37H45ClN6O7S2. The predicted octanol–water partition coefficient (Wildman–Crippen LogP) is 5.63. The van der Waals surface area contributed by atoms with Crippen molar-refractivity contribution in [1.82, 2.24) is 29.8 Å². The number of ether oxygens (including phenoxy) is 2. The third-order valence-electron chi connectivity index (χ3n) is 10.9. The van der Waals surface area contributed by atoms with Crippen LogP contribution in [0.2, 0.25) is 5.02 Å². The molecule has 2 saturated carbocycles. The standard InChI is InChI=1S/C37H45ClN6O7S2/c1-21(2)28-20-52-32(40-28)27-17-30(24-15-31(50-5)25(38)16-26(24)39-27)51-23-14-29-33(45)43(4)13-9-7-6-8-10-22-18-37(22,41-35(47)44(29)19-23)34(46)42-53(48,49)36(3)11-12-36/h8,10,15-17,20-23,29H,6-7,9,11-14,18-19H2,1-5H3,(H,41,47)(H,42,46)/b10-8+/t22-,23+,29+,37-/m1/s1. The van der Waals surface area contributed by atoms with Gasteiger partial charge in [-0.25, -0.2) is 23.2 Å². The molecule has 13 nitrogen and oxygen atoms in total. The molecule has 2 aliphatic heterocycles. The Morgan fingerprint density at radius 3 is 2.62 bits per heavy atom. The summed E-state index contributed by atoms with van der Waals surface area (Å²) in [5, 5.41) is 6.61. The van der Waals surface area contributed by atoms with Gasteiger partial charge in [0.2, 0.25) is 15.9 Å². The Bertz CT molecular complexity index is 2100. The van der Waals surface area contributed by atoms with Gasteiger partial charge in [0.25, 0.3) is 5.91 Å². The molecule has 53 heavy (non-hydrogen) atoms. The third kappa shape index (κ3) is 7.19. The molecule has 284 valence electrons. The Kier molecular flexibility index (Phi) is 9.90. The quantitative estimate of drug-likeness (QED) is 0.276. The Labute approximate surface area is 318 Å². The molecule has 0 spiro atoms. The lowest BCUT2D eigenvalue weighted by Gasteiger charge is -2.30. The second kappa shape index (κ2) is 14.0. The fourth-order valence-corrected chi connectivity index (χ4v) is 9.50. The number of allylic oxidation sites excluding steroid dienone is 1. The number of thiazole rings is 1. The van der Waals surface area contributed by atoms with Crippen LogP contribution >= 0.6 is 22.9 Å². The lowest BCUT2D eigenvalue weighted by Crippen LogP contribution is -2.58. The number of nitrogens with one attached hydrogen (secondary N) is 2. The van der Waals surface area contributed by atoms with E-state index >= 15 is 0 Å². The highest BCUT2D eigenvalue weighted by atomic mass is 35.5. The summed E-state index contributed by atoms with van der Waals surface area (Å²) in [6, 6.07) is 3.74. The molecule has 4 atom stereocenters. The average Bonchev–Trinajstić information content (AvgIpc) is 3.88. The van der Waals surface area contributed by atoms with Gasteiger partial charge in [0, 0.05) is 42.8 Å². The number of rotatable bonds is 8. The molecule has 7 rings (SSSR count). The maximum atomic E-state index is 14.3. The van der Waals surface area contributed by atoms with Gasteiger partial charge in [0.15, 0.2) is 0 Å². The van der Waals surface area contributed by atoms with Crippen LogP contribution in [0.1, 0.15) is 77.3 Å². The molecule has 1 aromatic carbocycles. The van der Waals surface area contributed by atoms with Crippen LogP contribution in [0, 0.1) is 5.92 Å². The predicted molar refractivity (Wildman–Crippen MR) is 203 cm³/mol. The Morgan fingerprint density at radius 1 is 1.15 bits per heavy atom. The van der Waals surface area contributed by atoms with Gasteiger partial charge in [-0.05, 0) is 63.5 Å². The fourth-order valence-electron chi connectivity index (χ4n) is 7.01. The minimum atomic E-state index is -3.95. The molecule has 1 saturated heterocycles. The number of urea groups is 1. The van der Waals surface area contributed by atoms with Gasteiger partial charge in [-0.1, -0.05) is 37.6 Å². The van der Waals surface area contributed by atoms with E-state index in [1.165, 1.54) is 23.3 Å². The maximum absolute atomic E-state index is 14.3. The van der Waals surface area contributed by atoms with Crippen molar-refractivity contribution in [3.05, 3.63) is 46.4 Å². The van der Waals surface area contributed by atoms with Crippen LogP contribution in [0.3, 0.4) is 0 Å². The molecule has 0 bridgehead atoms. The lowest BCUT2D eigenvalue weighted by molar-refractivity contribution is -0.134. The van der Waals surface area contributed by atoms with Gasteiger partial charge in [-0.15, -0.1) is 11.3 Å². The van der Waals surface area contributed by atoms with Crippen LogP contribution in [-0.4, -0.2) is 95.7 Å². The Balaban J connectivity index is 1.21. The molecule has 4 aliphatic rings. The Hall–Kier alpha value is -3.95. The van der Waals surface area contributed by atoms with Crippen LogP contribution in [0.25, 0.3) is 21.6 Å². The van der Waals surface area contributed by atoms with Crippen molar-refractivity contribution in [3.8, 4) is 22.2 Å². The van der Waals surface area contributed by atoms with E-state index in [1.807, 2.05) is 17.5 Å². The van der Waals surface area contributed by atoms with Gasteiger partial charge in [0.1, 0.15) is 39.9 Å². The first kappa shape index (κ1) is 37.4. The number of pyridine rings is 1. The number of methoxy groups -OCH3 is 1. The summed E-state index contributed by atoms with van der Waals surface area (Å²) < 4.78 is 39.6. The van der Waals surface area contributed by atoms with Gasteiger partial charge in [0.05, 0.1) is 34.6 Å². The second-order valence-corrected chi connectivity index (χ2v) is 18.6. The molecule has 2 N–H and O–H groups in total. The highest BCUT2D eigenvalue weighted by Crippen LogP contribution is 2.48. The maximum Gasteiger partial charge on any atom is 0.319 e. The van der Waals surface area contributed by atoms with Crippen molar-refractivity contribution in [3.63, 3.8) is 0 Å². The highest BCUT2D eigenvalue weighted by molar-refractivity contribution is 7.91. The fraction of sp³-hybridized carbons (Fsp3) is 0.541. The summed E-state index contributed by atoms with van der Waals surface area (Å²) in [6.07, 6.45) is 6.87. The number of carbonyl (C=O) groups is 3. The monoisotopic (exact) mass is 784 g/mol. The molecular weight excluding hydrogens is 740 g/mol. The van der Waals surface area contributed by atoms with Crippen LogP contribution < -0.4 is 19.5 Å². The molecule has 4 heterocycles. The molecule has 2 aromatic heterocycles. The summed E-state index contributed by atoms with van der Waals surface area (Å²) >= 11 is 8.01. The lowest BCUT2D eigenvalue weighted by atomic mass is 10.1. The zero-order chi connectivity index (χ0) is 37.9. The number of aromatic nitrogens is 2. The second-order valence-electron chi connectivity index (χ2n) is 15.2. The van der Waals surface area contributed by atoms with E-state index < -0.39 is 50.3 Å². The van der Waals surface area contributed by atoms with Crippen molar-refractivity contribution >= 4 is 61.7 Å². The van der Waals surface area contributed by atoms with E-state index in [0.29, 0.717) is 57.5 Å². The van der Waals surface area contributed by atoms with E-state index in [2.05, 4.69) is 23.9 Å². The van der Waals surface area contributed by atoms with Crippen molar-refractivity contribution in [1.29, 1.82) is 0 Å². The summed E-state index contributed by atoms with van der Waals surface area (Å²) in [5.74, 6) is -0.279. The summed E-state index contributed by atoms with van der Waals surface area (Å²) in [6.45, 7) is 6.30. The van der Waals surface area contributed by atoms with Crippen LogP contribution in [0.4, 0.5) is 4.79 Å². The summed E-state index contributed by atoms with van der Waals surface area (Å²) in [7, 11) is -0.704. The van der Waals surface area contributed by atoms with E-state index in [-0.39, 0.29) is 31.2 Å². The average molecular weight is 785 g/mol. The SMILES string of the molecule is COc1cc2c(O[C@H]3C[C@H]4C(=O)N(C)CCCC/C=C/[C@@H]5C[C@@]5(C(=O)NS(=O)(=O)C5(C)CC5)NC(=O)N4C3)cc(-c3nc(C(C)C)cs3)nc2cc1Cl. The number of nitrogens with zero attached hydrogens (tertiary/aromatic N) is 4. The first-order valence-corrected chi connectivity index (χ1v) is 20.8. The van der Waals surface area contributed by atoms with E-state index in [1.54, 1.807) is 37.1 Å². The minimum Gasteiger partial charge on any atom is -0.495 e. The topological polar surface area (TPSA) is 160 Å². The minimum absolute atomic E-state index is 0.0310. The number of likely N-dealkylation sites (N-methyl/N-ethyl adjacent to an activating group) is 1. The van der Waals surface area contributed by atoms with Crippen molar-refractivity contribution < 1.29 is 32.3 Å². The largest absolute Gasteiger partial charge is 0.495 e. The number of benzene rings is 1. The summed E-state index contributed by atoms with van der Waals surface area (Å²) in [4.78, 5) is 54.7. The number of amides is 4. The zero-order valence-corrected chi connectivity index (χ0v) is 32.9. The van der Waals surface area contributed by atoms with E-state index in [4.69, 9.17) is 31.0 Å². The number of halogens is 1. The van der Waals surface area contributed by atoms with E-state index in [9.17, 15) is 22.8 Å².